The van der Waals surface area contributed by atoms with Crippen LogP contribution in [0.4, 0.5) is 0 Å². The number of piperidine rings is 1. The summed E-state index contributed by atoms with van der Waals surface area (Å²) in [5.74, 6) is -0.512. The van der Waals surface area contributed by atoms with E-state index in [0.717, 1.165) is 22.5 Å². The fraction of sp³-hybridized carbons (Fsp3) is 0.391. The van der Waals surface area contributed by atoms with Gasteiger partial charge in [-0.25, -0.2) is 4.79 Å². The van der Waals surface area contributed by atoms with Crippen molar-refractivity contribution in [1.29, 1.82) is 0 Å². The molecule has 0 saturated carbocycles. The number of pyridine rings is 1. The van der Waals surface area contributed by atoms with Gasteiger partial charge in [-0.1, -0.05) is 24.3 Å². The van der Waals surface area contributed by atoms with Crippen molar-refractivity contribution in [3.8, 4) is 0 Å². The summed E-state index contributed by atoms with van der Waals surface area (Å²) in [6.45, 7) is 3.08. The van der Waals surface area contributed by atoms with E-state index in [1.807, 2.05) is 42.2 Å². The summed E-state index contributed by atoms with van der Waals surface area (Å²) in [5, 5.41) is 0. The highest BCUT2D eigenvalue weighted by molar-refractivity contribution is 6.02. The topological polar surface area (TPSA) is 81.1 Å². The van der Waals surface area contributed by atoms with E-state index in [1.54, 1.807) is 6.07 Å². The number of amidine groups is 1. The van der Waals surface area contributed by atoms with Crippen molar-refractivity contribution in [1.82, 2.24) is 9.88 Å². The average molecular weight is 403 g/mol. The Labute approximate surface area is 173 Å². The first-order chi connectivity index (χ1) is 14.5. The molecule has 0 bridgehead atoms. The van der Waals surface area contributed by atoms with Gasteiger partial charge in [0.15, 0.2) is 5.60 Å². The van der Waals surface area contributed by atoms with Crippen LogP contribution in [-0.2, 0) is 32.7 Å². The van der Waals surface area contributed by atoms with E-state index in [1.165, 1.54) is 0 Å². The van der Waals surface area contributed by atoms with Crippen molar-refractivity contribution in [2.75, 3.05) is 13.1 Å². The maximum Gasteiger partial charge on any atom is 0.341 e. The monoisotopic (exact) mass is 403 g/mol. The maximum absolute atomic E-state index is 12.8. The Kier molecular flexibility index (Phi) is 3.47. The molecule has 1 aliphatic carbocycles. The summed E-state index contributed by atoms with van der Waals surface area (Å²) in [7, 11) is 0. The predicted molar refractivity (Wildman–Crippen MR) is 107 cm³/mol. The lowest BCUT2D eigenvalue weighted by molar-refractivity contribution is -0.130. The largest absolute Gasteiger partial charge is 0.449 e. The molecule has 0 radical (unpaired) electrons. The number of carbonyl (C=O) groups excluding carboxylic acids is 2. The normalized spacial score (nSPS) is 22.7. The Morgan fingerprint density at radius 3 is 2.33 bits per heavy atom. The third-order valence-corrected chi connectivity index (χ3v) is 6.76. The number of hydrogen-bond donors (Lipinski definition) is 0. The molecule has 4 aliphatic rings. The van der Waals surface area contributed by atoms with Gasteiger partial charge in [0, 0.05) is 44.5 Å². The lowest BCUT2D eigenvalue weighted by Gasteiger charge is -2.38. The van der Waals surface area contributed by atoms with Crippen LogP contribution in [0.15, 0.2) is 41.4 Å². The van der Waals surface area contributed by atoms with E-state index in [2.05, 4.69) is 9.98 Å². The van der Waals surface area contributed by atoms with Gasteiger partial charge in [-0.05, 0) is 30.2 Å². The minimum absolute atomic E-state index is 0.205. The molecule has 1 aromatic heterocycles. The van der Waals surface area contributed by atoms with Crippen LogP contribution >= 0.6 is 0 Å². The molecule has 0 unspecified atom stereocenters. The van der Waals surface area contributed by atoms with Crippen LogP contribution in [0, 0.1) is 6.92 Å². The minimum Gasteiger partial charge on any atom is -0.449 e. The van der Waals surface area contributed by atoms with Crippen molar-refractivity contribution in [3.63, 3.8) is 0 Å². The van der Waals surface area contributed by atoms with Gasteiger partial charge in [-0.3, -0.25) is 9.78 Å². The Bertz CT molecular complexity index is 1110. The van der Waals surface area contributed by atoms with Gasteiger partial charge in [0.05, 0.1) is 11.3 Å². The molecule has 1 amide bonds. The zero-order chi connectivity index (χ0) is 20.5. The number of benzene rings is 1. The quantitative estimate of drug-likeness (QED) is 0.628. The van der Waals surface area contributed by atoms with Gasteiger partial charge in [-0.15, -0.1) is 0 Å². The number of rotatable bonds is 0. The fourth-order valence-electron chi connectivity index (χ4n) is 5.12. The summed E-state index contributed by atoms with van der Waals surface area (Å²) in [4.78, 5) is 36.0. The van der Waals surface area contributed by atoms with Crippen molar-refractivity contribution < 1.29 is 19.1 Å². The van der Waals surface area contributed by atoms with Crippen LogP contribution in [0.2, 0.25) is 0 Å². The van der Waals surface area contributed by atoms with Crippen molar-refractivity contribution in [2.24, 2.45) is 4.99 Å². The van der Waals surface area contributed by atoms with Gasteiger partial charge >= 0.3 is 5.97 Å². The van der Waals surface area contributed by atoms with Gasteiger partial charge in [0.25, 0.3) is 11.9 Å². The first-order valence-corrected chi connectivity index (χ1v) is 10.3. The van der Waals surface area contributed by atoms with E-state index < -0.39 is 11.2 Å². The Morgan fingerprint density at radius 2 is 1.63 bits per heavy atom. The van der Waals surface area contributed by atoms with Crippen LogP contribution in [0.25, 0.3) is 0 Å². The van der Waals surface area contributed by atoms with Gasteiger partial charge < -0.3 is 14.4 Å². The number of fused-ring (bicyclic) bond motifs is 3. The molecular formula is C23H21N3O4. The second kappa shape index (κ2) is 5.90. The third kappa shape index (κ3) is 2.38. The summed E-state index contributed by atoms with van der Waals surface area (Å²) in [6, 6.07) is 12.1. The van der Waals surface area contributed by atoms with E-state index >= 15 is 0 Å². The van der Waals surface area contributed by atoms with Crippen LogP contribution in [0.5, 0.6) is 0 Å². The molecule has 7 heteroatoms. The molecule has 0 N–H and O–H groups in total. The van der Waals surface area contributed by atoms with Gasteiger partial charge in [-0.2, -0.15) is 4.99 Å². The highest BCUT2D eigenvalue weighted by Crippen LogP contribution is 2.44. The number of nitrogens with zero attached hydrogens (tertiary/aromatic N) is 3. The fourth-order valence-corrected chi connectivity index (χ4v) is 5.12. The standard InChI is InChI=1S/C23H21N3O4/c1-14-6-7-17-18(24-14)22(29-19(17)27)8-10-26(11-9-22)21-25-20(28)23(30-21)12-15-4-2-3-5-16(15)13-23/h2-7H,8-13H2,1H3. The highest BCUT2D eigenvalue weighted by atomic mass is 16.6. The molecule has 4 heterocycles. The van der Waals surface area contributed by atoms with E-state index in [0.29, 0.717) is 50.4 Å². The summed E-state index contributed by atoms with van der Waals surface area (Å²) in [5.41, 5.74) is 2.86. The number of amides is 1. The molecule has 1 fully saturated rings. The number of aliphatic imine (C=N–C) groups is 1. The van der Waals surface area contributed by atoms with E-state index in [4.69, 9.17) is 9.47 Å². The van der Waals surface area contributed by atoms with Crippen LogP contribution < -0.4 is 0 Å². The molecular weight excluding hydrogens is 382 g/mol. The Balaban J connectivity index is 1.20. The SMILES string of the molecule is Cc1ccc2c(n1)C1(CCN(C3=NC(=O)C4(Cc5ccccc5C4)O3)CC1)OC2=O. The lowest BCUT2D eigenvalue weighted by Crippen LogP contribution is -2.47. The number of aryl methyl sites for hydroxylation is 1. The molecule has 152 valence electrons. The molecule has 30 heavy (non-hydrogen) atoms. The van der Waals surface area contributed by atoms with Crippen LogP contribution in [0.3, 0.4) is 0 Å². The molecule has 6 rings (SSSR count). The Hall–Kier alpha value is -3.22. The Morgan fingerprint density at radius 1 is 0.933 bits per heavy atom. The summed E-state index contributed by atoms with van der Waals surface area (Å²) < 4.78 is 12.0. The molecule has 2 aromatic rings. The number of likely N-dealkylation sites (tertiary alicyclic amines) is 1. The van der Waals surface area contributed by atoms with Crippen molar-refractivity contribution in [3.05, 3.63) is 64.5 Å². The summed E-state index contributed by atoms with van der Waals surface area (Å²) in [6.07, 6.45) is 2.29. The molecule has 7 nitrogen and oxygen atoms in total. The third-order valence-electron chi connectivity index (χ3n) is 6.76. The zero-order valence-electron chi connectivity index (χ0n) is 16.7. The number of esters is 1. The zero-order valence-corrected chi connectivity index (χ0v) is 16.7. The maximum atomic E-state index is 12.8. The van der Waals surface area contributed by atoms with Crippen LogP contribution in [-0.4, -0.2) is 46.5 Å². The number of ether oxygens (including phenoxy) is 2. The molecule has 0 atom stereocenters. The average Bonchev–Trinajstić information content (AvgIpc) is 3.35. The first-order valence-electron chi connectivity index (χ1n) is 10.3. The number of carbonyl (C=O) groups is 2. The molecule has 1 aromatic carbocycles. The highest BCUT2D eigenvalue weighted by Gasteiger charge is 2.54. The van der Waals surface area contributed by atoms with E-state index in [9.17, 15) is 9.59 Å². The second-order valence-electron chi connectivity index (χ2n) is 8.64. The molecule has 3 aliphatic heterocycles. The van der Waals surface area contributed by atoms with Gasteiger partial charge in [0.2, 0.25) is 5.60 Å². The molecule has 2 spiro atoms. The summed E-state index contributed by atoms with van der Waals surface area (Å²) >= 11 is 0. The van der Waals surface area contributed by atoms with Crippen LogP contribution in [0.1, 0.15) is 45.7 Å². The smallest absolute Gasteiger partial charge is 0.341 e. The predicted octanol–water partition coefficient (Wildman–Crippen LogP) is 2.30. The number of aromatic nitrogens is 1. The van der Waals surface area contributed by atoms with Crippen molar-refractivity contribution in [2.45, 2.75) is 43.8 Å². The van der Waals surface area contributed by atoms with Gasteiger partial charge in [0.1, 0.15) is 0 Å². The second-order valence-corrected chi connectivity index (χ2v) is 8.64. The van der Waals surface area contributed by atoms with Crippen molar-refractivity contribution >= 4 is 17.9 Å². The van der Waals surface area contributed by atoms with E-state index in [-0.39, 0.29) is 11.9 Å². The lowest BCUT2D eigenvalue weighted by atomic mass is 9.87. The molecule has 1 saturated heterocycles. The minimum atomic E-state index is -0.904. The first kappa shape index (κ1) is 17.6. The number of hydrogen-bond acceptors (Lipinski definition) is 6.